The van der Waals surface area contributed by atoms with Gasteiger partial charge in [0.1, 0.15) is 11.6 Å². The molecule has 3 aromatic rings. The molecule has 6 nitrogen and oxygen atoms in total. The molecule has 1 amide bonds. The molecule has 2 aromatic carbocycles. The lowest BCUT2D eigenvalue weighted by molar-refractivity contribution is 0.102. The number of carbonyl (C=O) groups excluding carboxylic acids is 1. The first kappa shape index (κ1) is 16.5. The fraction of sp³-hybridized carbons (Fsp3) is 0.158. The number of amides is 1. The van der Waals surface area contributed by atoms with E-state index in [1.165, 1.54) is 7.11 Å². The molecule has 26 heavy (non-hydrogen) atoms. The van der Waals surface area contributed by atoms with Gasteiger partial charge < -0.3 is 10.1 Å². The van der Waals surface area contributed by atoms with Crippen LogP contribution >= 0.6 is 0 Å². The summed E-state index contributed by atoms with van der Waals surface area (Å²) in [7, 11) is 0.549. The van der Waals surface area contributed by atoms with E-state index in [1.807, 2.05) is 36.4 Å². The Morgan fingerprint density at radius 1 is 1.12 bits per heavy atom. The molecule has 0 saturated carbocycles. The number of hydrogen-bond donors (Lipinski definition) is 1. The Labute approximate surface area is 153 Å². The highest BCUT2D eigenvalue weighted by molar-refractivity contribution is 7.83. The Kier molecular flexibility index (Phi) is 4.30. The zero-order chi connectivity index (χ0) is 18.1. The second-order valence-corrected chi connectivity index (χ2v) is 7.36. The van der Waals surface area contributed by atoms with Crippen molar-refractivity contribution in [2.75, 3.05) is 12.4 Å². The maximum Gasteiger partial charge on any atom is 0.260 e. The van der Waals surface area contributed by atoms with Gasteiger partial charge >= 0.3 is 0 Å². The molecule has 0 radical (unpaired) electrons. The minimum atomic E-state index is -0.980. The van der Waals surface area contributed by atoms with E-state index < -0.39 is 10.8 Å². The standard InChI is InChI=1S/C19H17N3O3S/c1-25-17-10-6-5-9-14(17)19(23)20-18-15-11-26(24)12-16(15)21-22(18)13-7-3-2-4-8-13/h2-10H,11-12H2,1H3,(H,20,23)/t26-/m0/s1. The number of hydrogen-bond acceptors (Lipinski definition) is 4. The highest BCUT2D eigenvalue weighted by Crippen LogP contribution is 2.32. The molecule has 4 rings (SSSR count). The highest BCUT2D eigenvalue weighted by atomic mass is 32.2. The number of anilines is 1. The summed E-state index contributed by atoms with van der Waals surface area (Å²) in [6.07, 6.45) is 0. The van der Waals surface area contributed by atoms with Gasteiger partial charge in [-0.15, -0.1) is 0 Å². The molecule has 0 bridgehead atoms. The molecule has 0 saturated heterocycles. The van der Waals surface area contributed by atoms with Gasteiger partial charge in [-0.3, -0.25) is 9.00 Å². The van der Waals surface area contributed by atoms with Gasteiger partial charge in [0, 0.05) is 16.4 Å². The molecule has 1 atom stereocenters. The van der Waals surface area contributed by atoms with Crippen molar-refractivity contribution in [3.63, 3.8) is 0 Å². The predicted octanol–water partition coefficient (Wildman–Crippen LogP) is 2.90. The van der Waals surface area contributed by atoms with E-state index in [0.717, 1.165) is 16.9 Å². The van der Waals surface area contributed by atoms with Crippen LogP contribution in [0.5, 0.6) is 5.75 Å². The number of benzene rings is 2. The van der Waals surface area contributed by atoms with Gasteiger partial charge in [-0.1, -0.05) is 30.3 Å². The summed E-state index contributed by atoms with van der Waals surface area (Å²) in [6, 6.07) is 16.6. The quantitative estimate of drug-likeness (QED) is 0.770. The normalized spacial score (nSPS) is 15.5. The Bertz CT molecular complexity index is 999. The Morgan fingerprint density at radius 2 is 1.85 bits per heavy atom. The van der Waals surface area contributed by atoms with Crippen LogP contribution in [0.2, 0.25) is 0 Å². The summed E-state index contributed by atoms with van der Waals surface area (Å²) in [5.74, 6) is 1.57. The van der Waals surface area contributed by atoms with Crippen LogP contribution in [-0.4, -0.2) is 27.0 Å². The van der Waals surface area contributed by atoms with Gasteiger partial charge in [0.2, 0.25) is 0 Å². The molecule has 1 N–H and O–H groups in total. The number of rotatable bonds is 4. The number of methoxy groups -OCH3 is 1. The third kappa shape index (κ3) is 2.90. The van der Waals surface area contributed by atoms with E-state index in [9.17, 15) is 9.00 Å². The summed E-state index contributed by atoms with van der Waals surface area (Å²) in [4.78, 5) is 12.8. The van der Waals surface area contributed by atoms with Gasteiger partial charge in [-0.25, -0.2) is 4.68 Å². The Hall–Kier alpha value is -2.93. The summed E-state index contributed by atoms with van der Waals surface area (Å²) >= 11 is 0. The Morgan fingerprint density at radius 3 is 2.62 bits per heavy atom. The number of para-hydroxylation sites is 2. The molecule has 0 unspecified atom stereocenters. The van der Waals surface area contributed by atoms with E-state index in [0.29, 0.717) is 28.6 Å². The van der Waals surface area contributed by atoms with Crippen LogP contribution in [-0.2, 0) is 22.3 Å². The van der Waals surface area contributed by atoms with Crippen molar-refractivity contribution in [3.8, 4) is 11.4 Å². The SMILES string of the molecule is COc1ccccc1C(=O)Nc1c2c(nn1-c1ccccc1)C[S@@](=O)C2. The van der Waals surface area contributed by atoms with Crippen molar-refractivity contribution < 1.29 is 13.7 Å². The van der Waals surface area contributed by atoms with Crippen LogP contribution in [0.15, 0.2) is 54.6 Å². The highest BCUT2D eigenvalue weighted by Gasteiger charge is 2.28. The van der Waals surface area contributed by atoms with Gasteiger partial charge in [0.25, 0.3) is 5.91 Å². The number of nitrogens with zero attached hydrogens (tertiary/aromatic N) is 2. The molecule has 132 valence electrons. The van der Waals surface area contributed by atoms with Gasteiger partial charge in [-0.05, 0) is 24.3 Å². The monoisotopic (exact) mass is 367 g/mol. The van der Waals surface area contributed by atoms with Crippen LogP contribution in [0, 0.1) is 0 Å². The molecule has 0 spiro atoms. The second kappa shape index (κ2) is 6.76. The van der Waals surface area contributed by atoms with Gasteiger partial charge in [0.15, 0.2) is 0 Å². The Balaban J connectivity index is 1.76. The van der Waals surface area contributed by atoms with E-state index in [4.69, 9.17) is 4.74 Å². The summed E-state index contributed by atoms with van der Waals surface area (Å²) in [5.41, 5.74) is 2.87. The zero-order valence-electron chi connectivity index (χ0n) is 14.1. The van der Waals surface area contributed by atoms with Crippen molar-refractivity contribution in [2.45, 2.75) is 11.5 Å². The molecule has 2 heterocycles. The number of ether oxygens (including phenoxy) is 1. The summed E-state index contributed by atoms with van der Waals surface area (Å²) in [5, 5.41) is 7.53. The minimum absolute atomic E-state index is 0.292. The molecule has 1 aliphatic rings. The van der Waals surface area contributed by atoms with E-state index in [-0.39, 0.29) is 5.91 Å². The van der Waals surface area contributed by atoms with Crippen LogP contribution < -0.4 is 10.1 Å². The first-order valence-corrected chi connectivity index (χ1v) is 9.61. The number of nitrogens with one attached hydrogen (secondary N) is 1. The largest absolute Gasteiger partial charge is 0.496 e. The average Bonchev–Trinajstić information content (AvgIpc) is 3.19. The van der Waals surface area contributed by atoms with E-state index >= 15 is 0 Å². The third-order valence-electron chi connectivity index (χ3n) is 4.25. The molecule has 0 aliphatic carbocycles. The van der Waals surface area contributed by atoms with Crippen LogP contribution in [0.25, 0.3) is 5.69 Å². The van der Waals surface area contributed by atoms with Crippen LogP contribution in [0.3, 0.4) is 0 Å². The van der Waals surface area contributed by atoms with Crippen LogP contribution in [0.1, 0.15) is 21.6 Å². The lowest BCUT2D eigenvalue weighted by Crippen LogP contribution is -2.17. The number of aromatic nitrogens is 2. The molecule has 0 fully saturated rings. The first-order valence-electron chi connectivity index (χ1n) is 8.13. The van der Waals surface area contributed by atoms with Crippen molar-refractivity contribution in [1.29, 1.82) is 0 Å². The smallest absolute Gasteiger partial charge is 0.260 e. The maximum absolute atomic E-state index is 12.8. The molecular weight excluding hydrogens is 350 g/mol. The molecule has 7 heteroatoms. The van der Waals surface area contributed by atoms with E-state index in [1.54, 1.807) is 22.9 Å². The minimum Gasteiger partial charge on any atom is -0.496 e. The fourth-order valence-corrected chi connectivity index (χ4v) is 4.28. The number of fused-ring (bicyclic) bond motifs is 1. The average molecular weight is 367 g/mol. The molecule has 1 aromatic heterocycles. The molecular formula is C19H17N3O3S. The lowest BCUT2D eigenvalue weighted by atomic mass is 10.2. The van der Waals surface area contributed by atoms with E-state index in [2.05, 4.69) is 10.4 Å². The van der Waals surface area contributed by atoms with Crippen molar-refractivity contribution in [2.24, 2.45) is 0 Å². The number of carbonyl (C=O) groups is 1. The van der Waals surface area contributed by atoms with Crippen LogP contribution in [0.4, 0.5) is 5.82 Å². The van der Waals surface area contributed by atoms with Gasteiger partial charge in [-0.2, -0.15) is 5.10 Å². The zero-order valence-corrected chi connectivity index (χ0v) is 15.0. The molecule has 1 aliphatic heterocycles. The summed E-state index contributed by atoms with van der Waals surface area (Å²) < 4.78 is 18.9. The fourth-order valence-electron chi connectivity index (χ4n) is 3.02. The second-order valence-electron chi connectivity index (χ2n) is 5.90. The lowest BCUT2D eigenvalue weighted by Gasteiger charge is -2.12. The maximum atomic E-state index is 12.8. The van der Waals surface area contributed by atoms with Crippen molar-refractivity contribution in [1.82, 2.24) is 9.78 Å². The predicted molar refractivity (Wildman–Crippen MR) is 100 cm³/mol. The first-order chi connectivity index (χ1) is 12.7. The van der Waals surface area contributed by atoms with Gasteiger partial charge in [0.05, 0.1) is 35.6 Å². The van der Waals surface area contributed by atoms with Crippen molar-refractivity contribution in [3.05, 3.63) is 71.4 Å². The third-order valence-corrected chi connectivity index (χ3v) is 5.46. The summed E-state index contributed by atoms with van der Waals surface area (Å²) in [6.45, 7) is 0. The van der Waals surface area contributed by atoms with Crippen molar-refractivity contribution >= 4 is 22.5 Å². The topological polar surface area (TPSA) is 73.2 Å².